The van der Waals surface area contributed by atoms with Crippen LogP contribution < -0.4 is 20.7 Å². The molecule has 3 amide bonds. The Hall–Kier alpha value is -5.58. The fourth-order valence-electron chi connectivity index (χ4n) is 5.06. The van der Waals surface area contributed by atoms with Crippen molar-refractivity contribution in [1.82, 2.24) is 4.57 Å². The third-order valence-corrected chi connectivity index (χ3v) is 7.29. The Morgan fingerprint density at radius 1 is 0.977 bits per heavy atom. The minimum absolute atomic E-state index is 0.0646. The summed E-state index contributed by atoms with van der Waals surface area (Å²) in [5, 5.41) is 24.7. The van der Waals surface area contributed by atoms with Gasteiger partial charge in [-0.3, -0.25) is 19.0 Å². The SMILES string of the molecule is C=C(C)c1cc(O)n(-c2cc(NC(=O)c3cc4ccc(N(CC)CC)cc4oc3=O)cc(N3C(=O)C=C(C)C3=O)c2)c1O. The topological polar surface area (TPSA) is 145 Å². The molecule has 0 saturated carbocycles. The predicted molar refractivity (Wildman–Crippen MR) is 164 cm³/mol. The van der Waals surface area contributed by atoms with E-state index in [2.05, 4.69) is 16.8 Å². The van der Waals surface area contributed by atoms with E-state index < -0.39 is 23.3 Å². The third-order valence-electron chi connectivity index (χ3n) is 7.29. The summed E-state index contributed by atoms with van der Waals surface area (Å²) in [5.41, 5.74) is 1.32. The van der Waals surface area contributed by atoms with Gasteiger partial charge in [-0.15, -0.1) is 0 Å². The van der Waals surface area contributed by atoms with Crippen molar-refractivity contribution < 1.29 is 29.0 Å². The van der Waals surface area contributed by atoms with E-state index in [1.165, 1.54) is 43.3 Å². The van der Waals surface area contributed by atoms with E-state index in [4.69, 9.17) is 4.42 Å². The quantitative estimate of drug-likeness (QED) is 0.196. The van der Waals surface area contributed by atoms with Crippen LogP contribution in [0.25, 0.3) is 22.2 Å². The molecule has 220 valence electrons. The Balaban J connectivity index is 1.57. The maximum absolute atomic E-state index is 13.4. The molecule has 3 N–H and O–H groups in total. The van der Waals surface area contributed by atoms with Crippen LogP contribution in [-0.2, 0) is 9.59 Å². The van der Waals surface area contributed by atoms with Gasteiger partial charge in [-0.25, -0.2) is 9.69 Å². The molecule has 0 bridgehead atoms. The van der Waals surface area contributed by atoms with E-state index in [0.29, 0.717) is 16.5 Å². The second kappa shape index (κ2) is 11.0. The van der Waals surface area contributed by atoms with Crippen LogP contribution in [0.3, 0.4) is 0 Å². The Bertz CT molecular complexity index is 1930. The molecule has 0 saturated heterocycles. The molecule has 0 spiro atoms. The van der Waals surface area contributed by atoms with Crippen molar-refractivity contribution >= 4 is 51.3 Å². The van der Waals surface area contributed by atoms with Gasteiger partial charge in [0.2, 0.25) is 5.88 Å². The number of amides is 3. The van der Waals surface area contributed by atoms with Crippen LogP contribution in [0.15, 0.2) is 76.0 Å². The number of nitrogens with one attached hydrogen (secondary N) is 1. The highest BCUT2D eigenvalue weighted by molar-refractivity contribution is 6.30. The minimum atomic E-state index is -0.852. The molecule has 0 atom stereocenters. The molecule has 0 radical (unpaired) electrons. The lowest BCUT2D eigenvalue weighted by Crippen LogP contribution is -2.30. The van der Waals surface area contributed by atoms with Crippen LogP contribution in [0, 0.1) is 0 Å². The molecule has 2 aromatic heterocycles. The number of benzene rings is 2. The van der Waals surface area contributed by atoms with E-state index in [0.717, 1.165) is 28.2 Å². The van der Waals surface area contributed by atoms with Crippen molar-refractivity contribution in [1.29, 1.82) is 0 Å². The molecule has 5 rings (SSSR count). The van der Waals surface area contributed by atoms with Gasteiger partial charge in [0.05, 0.1) is 11.4 Å². The number of fused-ring (bicyclic) bond motifs is 1. The molecule has 43 heavy (non-hydrogen) atoms. The van der Waals surface area contributed by atoms with Crippen LogP contribution in [0.2, 0.25) is 0 Å². The van der Waals surface area contributed by atoms with E-state index in [9.17, 15) is 29.4 Å². The lowest BCUT2D eigenvalue weighted by molar-refractivity contribution is -0.120. The first-order chi connectivity index (χ1) is 20.4. The molecule has 0 fully saturated rings. The number of nitrogens with zero attached hydrogens (tertiary/aromatic N) is 3. The molecule has 1 aliphatic rings. The number of hydrogen-bond donors (Lipinski definition) is 3. The Morgan fingerprint density at radius 3 is 2.28 bits per heavy atom. The molecule has 11 heteroatoms. The van der Waals surface area contributed by atoms with Gasteiger partial charge in [0.25, 0.3) is 17.7 Å². The molecule has 0 aliphatic carbocycles. The summed E-state index contributed by atoms with van der Waals surface area (Å²) in [6.45, 7) is 12.5. The summed E-state index contributed by atoms with van der Waals surface area (Å²) in [5.74, 6) is -2.66. The zero-order valence-electron chi connectivity index (χ0n) is 24.1. The predicted octanol–water partition coefficient (Wildman–Crippen LogP) is 4.95. The molecule has 11 nitrogen and oxygen atoms in total. The Morgan fingerprint density at radius 2 is 1.67 bits per heavy atom. The number of imide groups is 1. The summed E-state index contributed by atoms with van der Waals surface area (Å²) in [6.07, 6.45) is 1.18. The maximum Gasteiger partial charge on any atom is 0.349 e. The second-order valence-corrected chi connectivity index (χ2v) is 10.2. The minimum Gasteiger partial charge on any atom is -0.494 e. The Kier molecular flexibility index (Phi) is 7.41. The summed E-state index contributed by atoms with van der Waals surface area (Å²) >= 11 is 0. The number of aromatic nitrogens is 1. The average molecular weight is 583 g/mol. The van der Waals surface area contributed by atoms with Gasteiger partial charge in [-0.2, -0.15) is 0 Å². The van der Waals surface area contributed by atoms with Crippen molar-refractivity contribution in [2.75, 3.05) is 28.2 Å². The normalized spacial score (nSPS) is 13.0. The largest absolute Gasteiger partial charge is 0.494 e. The number of carbonyl (C=O) groups excluding carboxylic acids is 3. The second-order valence-electron chi connectivity index (χ2n) is 10.2. The number of hydrogen-bond acceptors (Lipinski definition) is 8. The van der Waals surface area contributed by atoms with Gasteiger partial charge in [-0.1, -0.05) is 6.58 Å². The third kappa shape index (κ3) is 5.16. The standard InChI is InChI=1S/C32H30N4O7/c1-6-34(7-2)21-9-8-19-11-25(32(42)43-26(19)15-21)29(39)33-20-12-22(35-27(37)10-18(5)30(35)40)14-23(13-20)36-28(38)16-24(17(3)4)31(36)41/h8-16,38,41H,3,6-7H2,1-2,4-5H3,(H,33,39). The molecule has 3 heterocycles. The van der Waals surface area contributed by atoms with Gasteiger partial charge in [0, 0.05) is 59.2 Å². The fourth-order valence-corrected chi connectivity index (χ4v) is 5.06. The first kappa shape index (κ1) is 28.9. The van der Waals surface area contributed by atoms with Crippen LogP contribution in [-0.4, -0.2) is 45.6 Å². The van der Waals surface area contributed by atoms with Crippen molar-refractivity contribution in [3.05, 3.63) is 88.3 Å². The lowest BCUT2D eigenvalue weighted by atomic mass is 10.1. The van der Waals surface area contributed by atoms with Crippen molar-refractivity contribution in [2.45, 2.75) is 27.7 Å². The van der Waals surface area contributed by atoms with Gasteiger partial charge in [0.15, 0.2) is 5.88 Å². The summed E-state index contributed by atoms with van der Waals surface area (Å²) < 4.78 is 6.58. The highest BCUT2D eigenvalue weighted by Crippen LogP contribution is 2.38. The number of allylic oxidation sites excluding steroid dienone is 1. The number of carbonyl (C=O) groups is 3. The van der Waals surface area contributed by atoms with E-state index in [-0.39, 0.29) is 45.5 Å². The zero-order chi connectivity index (χ0) is 31.2. The van der Waals surface area contributed by atoms with E-state index in [1.807, 2.05) is 19.9 Å². The van der Waals surface area contributed by atoms with Crippen molar-refractivity contribution in [2.24, 2.45) is 0 Å². The molecular formula is C32H30N4O7. The highest BCUT2D eigenvalue weighted by Gasteiger charge is 2.31. The van der Waals surface area contributed by atoms with Crippen molar-refractivity contribution in [3.8, 4) is 17.4 Å². The zero-order valence-corrected chi connectivity index (χ0v) is 24.1. The molecule has 1 aliphatic heterocycles. The average Bonchev–Trinajstić information content (AvgIpc) is 3.40. The van der Waals surface area contributed by atoms with Gasteiger partial charge in [-0.05, 0) is 69.7 Å². The van der Waals surface area contributed by atoms with Crippen LogP contribution in [0.5, 0.6) is 11.8 Å². The van der Waals surface area contributed by atoms with Gasteiger partial charge < -0.3 is 24.8 Å². The lowest BCUT2D eigenvalue weighted by Gasteiger charge is -2.21. The van der Waals surface area contributed by atoms with Crippen LogP contribution in [0.1, 0.15) is 43.6 Å². The van der Waals surface area contributed by atoms with Crippen LogP contribution in [0.4, 0.5) is 17.1 Å². The molecular weight excluding hydrogens is 552 g/mol. The van der Waals surface area contributed by atoms with Gasteiger partial charge in [0.1, 0.15) is 11.1 Å². The smallest absolute Gasteiger partial charge is 0.349 e. The molecule has 2 aromatic carbocycles. The fraction of sp³-hybridized carbons (Fsp3) is 0.188. The maximum atomic E-state index is 13.4. The Labute approximate surface area is 246 Å². The van der Waals surface area contributed by atoms with Crippen molar-refractivity contribution in [3.63, 3.8) is 0 Å². The van der Waals surface area contributed by atoms with E-state index >= 15 is 0 Å². The van der Waals surface area contributed by atoms with Crippen LogP contribution >= 0.6 is 0 Å². The van der Waals surface area contributed by atoms with E-state index in [1.54, 1.807) is 19.1 Å². The number of rotatable bonds is 8. The number of anilines is 3. The highest BCUT2D eigenvalue weighted by atomic mass is 16.4. The first-order valence-electron chi connectivity index (χ1n) is 13.6. The molecule has 4 aromatic rings. The molecule has 0 unspecified atom stereocenters. The summed E-state index contributed by atoms with van der Waals surface area (Å²) in [6, 6.07) is 12.3. The summed E-state index contributed by atoms with van der Waals surface area (Å²) in [4.78, 5) is 54.7. The summed E-state index contributed by atoms with van der Waals surface area (Å²) in [7, 11) is 0. The monoisotopic (exact) mass is 582 g/mol. The van der Waals surface area contributed by atoms with Gasteiger partial charge >= 0.3 is 5.63 Å². The first-order valence-corrected chi connectivity index (χ1v) is 13.6. The number of aromatic hydroxyl groups is 2.